The molecule has 0 saturated heterocycles. The SMILES string of the molecule is COc1ccc(CNc2nnc(SCc3cc(C)no3)s2)cc1. The van der Waals surface area contributed by atoms with Gasteiger partial charge in [0.05, 0.1) is 18.6 Å². The maximum atomic E-state index is 5.18. The van der Waals surface area contributed by atoms with Gasteiger partial charge in [-0.3, -0.25) is 0 Å². The van der Waals surface area contributed by atoms with E-state index in [0.717, 1.165) is 32.2 Å². The summed E-state index contributed by atoms with van der Waals surface area (Å²) >= 11 is 3.12. The number of hydrogen-bond donors (Lipinski definition) is 1. The summed E-state index contributed by atoms with van der Waals surface area (Å²) in [6.07, 6.45) is 0. The average Bonchev–Trinajstić information content (AvgIpc) is 3.20. The van der Waals surface area contributed by atoms with Gasteiger partial charge in [0.2, 0.25) is 5.13 Å². The number of nitrogens with one attached hydrogen (secondary N) is 1. The van der Waals surface area contributed by atoms with Crippen LogP contribution in [-0.4, -0.2) is 22.5 Å². The lowest BCUT2D eigenvalue weighted by Crippen LogP contribution is -1.98. The number of rotatable bonds is 7. The quantitative estimate of drug-likeness (QED) is 0.652. The number of nitrogens with zero attached hydrogens (tertiary/aromatic N) is 3. The fourth-order valence-electron chi connectivity index (χ4n) is 1.88. The Balaban J connectivity index is 1.50. The molecule has 0 aliphatic rings. The van der Waals surface area contributed by atoms with E-state index in [2.05, 4.69) is 20.7 Å². The third kappa shape index (κ3) is 4.46. The van der Waals surface area contributed by atoms with Gasteiger partial charge in [0.15, 0.2) is 4.34 Å². The number of aryl methyl sites for hydroxylation is 1. The van der Waals surface area contributed by atoms with Crippen LogP contribution in [0.15, 0.2) is 39.2 Å². The van der Waals surface area contributed by atoms with Gasteiger partial charge in [-0.1, -0.05) is 40.4 Å². The van der Waals surface area contributed by atoms with Gasteiger partial charge in [-0.15, -0.1) is 10.2 Å². The van der Waals surface area contributed by atoms with Crippen molar-refractivity contribution in [1.29, 1.82) is 0 Å². The summed E-state index contributed by atoms with van der Waals surface area (Å²) in [6, 6.07) is 9.86. The van der Waals surface area contributed by atoms with Crippen LogP contribution in [0.4, 0.5) is 5.13 Å². The molecule has 0 saturated carbocycles. The average molecular weight is 348 g/mol. The Morgan fingerprint density at radius 1 is 1.26 bits per heavy atom. The van der Waals surface area contributed by atoms with E-state index < -0.39 is 0 Å². The normalized spacial score (nSPS) is 10.7. The Bertz CT molecular complexity index is 755. The second kappa shape index (κ2) is 7.47. The molecule has 0 bridgehead atoms. The van der Waals surface area contributed by atoms with Crippen LogP contribution in [0.25, 0.3) is 0 Å². The van der Waals surface area contributed by atoms with E-state index in [-0.39, 0.29) is 0 Å². The molecule has 0 radical (unpaired) electrons. The maximum Gasteiger partial charge on any atom is 0.206 e. The molecule has 3 aromatic rings. The number of thioether (sulfide) groups is 1. The zero-order valence-electron chi connectivity index (χ0n) is 12.8. The van der Waals surface area contributed by atoms with Crippen molar-refractivity contribution in [3.63, 3.8) is 0 Å². The molecule has 0 amide bonds. The number of hydrogen-bond acceptors (Lipinski definition) is 8. The van der Waals surface area contributed by atoms with Crippen molar-refractivity contribution in [3.05, 3.63) is 47.3 Å². The minimum Gasteiger partial charge on any atom is -0.497 e. The van der Waals surface area contributed by atoms with E-state index in [1.807, 2.05) is 37.3 Å². The van der Waals surface area contributed by atoms with Crippen LogP contribution >= 0.6 is 23.1 Å². The second-order valence-corrected chi connectivity index (χ2v) is 7.00. The summed E-state index contributed by atoms with van der Waals surface area (Å²) in [7, 11) is 1.66. The standard InChI is InChI=1S/C15H16N4O2S2/c1-10-7-13(21-19-10)9-22-15-18-17-14(23-15)16-8-11-3-5-12(20-2)6-4-11/h3-7H,8-9H2,1-2H3,(H,16,17). The minimum absolute atomic E-state index is 0.699. The highest BCUT2D eigenvalue weighted by atomic mass is 32.2. The third-order valence-electron chi connectivity index (χ3n) is 3.02. The van der Waals surface area contributed by atoms with Crippen LogP contribution in [0.1, 0.15) is 17.0 Å². The van der Waals surface area contributed by atoms with E-state index in [0.29, 0.717) is 12.3 Å². The first-order chi connectivity index (χ1) is 11.2. The number of anilines is 1. The van der Waals surface area contributed by atoms with Gasteiger partial charge in [-0.05, 0) is 24.6 Å². The van der Waals surface area contributed by atoms with Crippen molar-refractivity contribution in [3.8, 4) is 5.75 Å². The molecule has 0 aliphatic carbocycles. The van der Waals surface area contributed by atoms with E-state index in [9.17, 15) is 0 Å². The number of ether oxygens (including phenoxy) is 1. The molecular weight excluding hydrogens is 332 g/mol. The summed E-state index contributed by atoms with van der Waals surface area (Å²) in [5, 5.41) is 16.3. The molecule has 8 heteroatoms. The first kappa shape index (κ1) is 15.8. The van der Waals surface area contributed by atoms with Crippen molar-refractivity contribution < 1.29 is 9.26 Å². The molecule has 2 heterocycles. The zero-order chi connectivity index (χ0) is 16.1. The van der Waals surface area contributed by atoms with Crippen molar-refractivity contribution in [2.24, 2.45) is 0 Å². The van der Waals surface area contributed by atoms with Crippen LogP contribution in [0.3, 0.4) is 0 Å². The number of aromatic nitrogens is 3. The predicted molar refractivity (Wildman–Crippen MR) is 91.0 cm³/mol. The molecular formula is C15H16N4O2S2. The van der Waals surface area contributed by atoms with E-state index in [1.54, 1.807) is 18.9 Å². The Morgan fingerprint density at radius 3 is 2.78 bits per heavy atom. The van der Waals surface area contributed by atoms with Crippen LogP contribution in [0.5, 0.6) is 5.75 Å². The fourth-order valence-corrected chi connectivity index (χ4v) is 3.50. The summed E-state index contributed by atoms with van der Waals surface area (Å²) in [4.78, 5) is 0. The van der Waals surface area contributed by atoms with Gasteiger partial charge in [0.25, 0.3) is 0 Å². The summed E-state index contributed by atoms with van der Waals surface area (Å²) < 4.78 is 11.2. The Morgan fingerprint density at radius 2 is 2.09 bits per heavy atom. The zero-order valence-corrected chi connectivity index (χ0v) is 14.4. The van der Waals surface area contributed by atoms with Gasteiger partial charge >= 0.3 is 0 Å². The summed E-state index contributed by atoms with van der Waals surface area (Å²) in [5.74, 6) is 2.40. The largest absolute Gasteiger partial charge is 0.497 e. The molecule has 2 aromatic heterocycles. The van der Waals surface area contributed by atoms with Crippen LogP contribution in [0.2, 0.25) is 0 Å². The molecule has 1 aromatic carbocycles. The fraction of sp³-hybridized carbons (Fsp3) is 0.267. The Hall–Kier alpha value is -2.06. The van der Waals surface area contributed by atoms with Gasteiger partial charge < -0.3 is 14.6 Å². The smallest absolute Gasteiger partial charge is 0.206 e. The molecule has 1 N–H and O–H groups in total. The van der Waals surface area contributed by atoms with Crippen molar-refractivity contribution in [2.75, 3.05) is 12.4 Å². The third-order valence-corrected chi connectivity index (χ3v) is 5.06. The molecule has 0 fully saturated rings. The molecule has 23 heavy (non-hydrogen) atoms. The monoisotopic (exact) mass is 348 g/mol. The Labute approximate surface area is 142 Å². The maximum absolute atomic E-state index is 5.18. The molecule has 3 rings (SSSR count). The summed E-state index contributed by atoms with van der Waals surface area (Å²) in [5.41, 5.74) is 2.05. The van der Waals surface area contributed by atoms with Crippen LogP contribution in [-0.2, 0) is 12.3 Å². The molecule has 0 atom stereocenters. The van der Waals surface area contributed by atoms with Crippen LogP contribution in [0, 0.1) is 6.92 Å². The molecule has 6 nitrogen and oxygen atoms in total. The van der Waals surface area contributed by atoms with Gasteiger partial charge in [0, 0.05) is 12.6 Å². The first-order valence-electron chi connectivity index (χ1n) is 6.98. The molecule has 0 spiro atoms. The first-order valence-corrected chi connectivity index (χ1v) is 8.78. The number of methoxy groups -OCH3 is 1. The predicted octanol–water partition coefficient (Wildman–Crippen LogP) is 3.75. The topological polar surface area (TPSA) is 73.1 Å². The highest BCUT2D eigenvalue weighted by Crippen LogP contribution is 2.28. The Kier molecular flexibility index (Phi) is 5.14. The van der Waals surface area contributed by atoms with Crippen molar-refractivity contribution >= 4 is 28.2 Å². The highest BCUT2D eigenvalue weighted by Gasteiger charge is 2.07. The minimum atomic E-state index is 0.699. The van der Waals surface area contributed by atoms with Gasteiger partial charge in [-0.2, -0.15) is 0 Å². The molecule has 120 valence electrons. The van der Waals surface area contributed by atoms with Gasteiger partial charge in [-0.25, -0.2) is 0 Å². The van der Waals surface area contributed by atoms with E-state index in [4.69, 9.17) is 9.26 Å². The van der Waals surface area contributed by atoms with Crippen molar-refractivity contribution in [2.45, 2.75) is 23.6 Å². The van der Waals surface area contributed by atoms with Crippen LogP contribution < -0.4 is 10.1 Å². The van der Waals surface area contributed by atoms with Crippen molar-refractivity contribution in [1.82, 2.24) is 15.4 Å². The lowest BCUT2D eigenvalue weighted by molar-refractivity contribution is 0.391. The lowest BCUT2D eigenvalue weighted by Gasteiger charge is -2.03. The molecule has 0 aliphatic heterocycles. The van der Waals surface area contributed by atoms with E-state index in [1.165, 1.54) is 11.3 Å². The van der Waals surface area contributed by atoms with Gasteiger partial charge in [0.1, 0.15) is 11.5 Å². The summed E-state index contributed by atoms with van der Waals surface area (Å²) in [6.45, 7) is 2.61. The second-order valence-electron chi connectivity index (χ2n) is 4.80. The highest BCUT2D eigenvalue weighted by molar-refractivity contribution is 8.00. The molecule has 0 unspecified atom stereocenters. The number of benzene rings is 1. The lowest BCUT2D eigenvalue weighted by atomic mass is 10.2. The van der Waals surface area contributed by atoms with E-state index >= 15 is 0 Å².